The van der Waals surface area contributed by atoms with Gasteiger partial charge < -0.3 is 15.0 Å². The van der Waals surface area contributed by atoms with Crippen molar-refractivity contribution < 1.29 is 14.3 Å². The van der Waals surface area contributed by atoms with Gasteiger partial charge in [0.15, 0.2) is 5.13 Å². The van der Waals surface area contributed by atoms with Crippen molar-refractivity contribution >= 4 is 34.4 Å². The van der Waals surface area contributed by atoms with Crippen molar-refractivity contribution in [3.63, 3.8) is 0 Å². The number of carbonyl (C=O) groups is 2. The first-order chi connectivity index (χ1) is 12.7. The van der Waals surface area contributed by atoms with Gasteiger partial charge in [-0.1, -0.05) is 30.3 Å². The van der Waals surface area contributed by atoms with Crippen LogP contribution in [0.15, 0.2) is 48.0 Å². The van der Waals surface area contributed by atoms with Crippen LogP contribution in [-0.2, 0) is 14.3 Å². The first-order valence-electron chi connectivity index (χ1n) is 8.54. The number of aromatic nitrogens is 1. The molecule has 26 heavy (non-hydrogen) atoms. The van der Waals surface area contributed by atoms with Crippen LogP contribution < -0.4 is 5.32 Å². The molecule has 1 aromatic heterocycles. The highest BCUT2D eigenvalue weighted by Gasteiger charge is 2.23. The van der Waals surface area contributed by atoms with Crippen molar-refractivity contribution in [3.8, 4) is 0 Å². The number of hydrogen-bond donors (Lipinski definition) is 1. The molecule has 1 N–H and O–H groups in total. The van der Waals surface area contributed by atoms with E-state index in [1.165, 1.54) is 22.3 Å². The Morgan fingerprint density at radius 2 is 2.19 bits per heavy atom. The van der Waals surface area contributed by atoms with Gasteiger partial charge in [-0.3, -0.25) is 9.59 Å². The van der Waals surface area contributed by atoms with Crippen LogP contribution in [-0.4, -0.2) is 47.5 Å². The maximum Gasteiger partial charge on any atom is 0.247 e. The summed E-state index contributed by atoms with van der Waals surface area (Å²) in [5.74, 6) is -0.474. The van der Waals surface area contributed by atoms with E-state index in [-0.39, 0.29) is 24.5 Å². The van der Waals surface area contributed by atoms with Crippen LogP contribution in [0, 0.1) is 0 Å². The molecular weight excluding hydrogens is 350 g/mol. The summed E-state index contributed by atoms with van der Waals surface area (Å²) < 4.78 is 5.62. The van der Waals surface area contributed by atoms with Gasteiger partial charge in [0.2, 0.25) is 11.8 Å². The van der Waals surface area contributed by atoms with Gasteiger partial charge in [-0.25, -0.2) is 4.98 Å². The molecule has 1 atom stereocenters. The summed E-state index contributed by atoms with van der Waals surface area (Å²) in [6.45, 7) is 1.08. The van der Waals surface area contributed by atoms with Gasteiger partial charge in [0, 0.05) is 30.8 Å². The standard InChI is InChI=1S/C19H21N3O3S/c23-17(21-19-20-10-12-26-19)14-22(13-16-7-4-11-25-16)18(24)9-8-15-5-2-1-3-6-15/h1-3,5-6,8-10,12,16H,4,7,11,13-14H2,(H,20,21,23). The first kappa shape index (κ1) is 18.3. The molecule has 1 fully saturated rings. The molecule has 7 heteroatoms. The summed E-state index contributed by atoms with van der Waals surface area (Å²) in [6, 6.07) is 9.59. The lowest BCUT2D eigenvalue weighted by atomic mass is 10.2. The predicted molar refractivity (Wildman–Crippen MR) is 102 cm³/mol. The molecule has 0 bridgehead atoms. The number of anilines is 1. The second-order valence-electron chi connectivity index (χ2n) is 5.98. The molecule has 2 aromatic rings. The van der Waals surface area contributed by atoms with Crippen molar-refractivity contribution in [3.05, 3.63) is 53.5 Å². The van der Waals surface area contributed by atoms with E-state index in [9.17, 15) is 9.59 Å². The lowest BCUT2D eigenvalue weighted by Crippen LogP contribution is -2.41. The monoisotopic (exact) mass is 371 g/mol. The fraction of sp³-hybridized carbons (Fsp3) is 0.316. The van der Waals surface area contributed by atoms with Crippen LogP contribution in [0.1, 0.15) is 18.4 Å². The van der Waals surface area contributed by atoms with Crippen LogP contribution in [0.5, 0.6) is 0 Å². The van der Waals surface area contributed by atoms with Crippen molar-refractivity contribution in [2.24, 2.45) is 0 Å². The highest BCUT2D eigenvalue weighted by molar-refractivity contribution is 7.13. The number of ether oxygens (including phenoxy) is 1. The molecule has 0 aliphatic carbocycles. The number of amides is 2. The number of nitrogens with one attached hydrogen (secondary N) is 1. The average Bonchev–Trinajstić information content (AvgIpc) is 3.34. The second-order valence-corrected chi connectivity index (χ2v) is 6.88. The van der Waals surface area contributed by atoms with E-state index in [4.69, 9.17) is 4.74 Å². The zero-order valence-corrected chi connectivity index (χ0v) is 15.2. The molecule has 136 valence electrons. The van der Waals surface area contributed by atoms with Crippen LogP contribution in [0.25, 0.3) is 6.08 Å². The summed E-state index contributed by atoms with van der Waals surface area (Å²) in [4.78, 5) is 30.5. The molecule has 1 aliphatic heterocycles. The van der Waals surface area contributed by atoms with Gasteiger partial charge >= 0.3 is 0 Å². The minimum atomic E-state index is -0.264. The summed E-state index contributed by atoms with van der Waals surface area (Å²) in [7, 11) is 0. The van der Waals surface area contributed by atoms with Crippen LogP contribution in [0.4, 0.5) is 5.13 Å². The van der Waals surface area contributed by atoms with E-state index in [1.807, 2.05) is 30.3 Å². The minimum absolute atomic E-state index is 0.0169. The second kappa shape index (κ2) is 9.26. The molecule has 1 aliphatic rings. The van der Waals surface area contributed by atoms with E-state index in [0.717, 1.165) is 18.4 Å². The van der Waals surface area contributed by atoms with Gasteiger partial charge in [0.1, 0.15) is 6.54 Å². The highest BCUT2D eigenvalue weighted by Crippen LogP contribution is 2.15. The van der Waals surface area contributed by atoms with E-state index < -0.39 is 0 Å². The summed E-state index contributed by atoms with van der Waals surface area (Å²) >= 11 is 1.34. The zero-order valence-electron chi connectivity index (χ0n) is 14.3. The highest BCUT2D eigenvalue weighted by atomic mass is 32.1. The smallest absolute Gasteiger partial charge is 0.247 e. The zero-order chi connectivity index (χ0) is 18.2. The van der Waals surface area contributed by atoms with Gasteiger partial charge in [-0.15, -0.1) is 11.3 Å². The first-order valence-corrected chi connectivity index (χ1v) is 9.41. The third-order valence-electron chi connectivity index (χ3n) is 3.99. The average molecular weight is 371 g/mol. The maximum atomic E-state index is 12.6. The largest absolute Gasteiger partial charge is 0.376 e. The number of rotatable bonds is 7. The molecule has 0 saturated carbocycles. The van der Waals surface area contributed by atoms with Crippen LogP contribution in [0.2, 0.25) is 0 Å². The summed E-state index contributed by atoms with van der Waals surface area (Å²) in [5, 5.41) is 5.03. The molecule has 1 saturated heterocycles. The molecule has 1 aromatic carbocycles. The van der Waals surface area contributed by atoms with Crippen molar-refractivity contribution in [1.29, 1.82) is 0 Å². The van der Waals surface area contributed by atoms with Crippen molar-refractivity contribution in [1.82, 2.24) is 9.88 Å². The normalized spacial score (nSPS) is 16.7. The predicted octanol–water partition coefficient (Wildman–Crippen LogP) is 2.80. The Morgan fingerprint density at radius 3 is 2.88 bits per heavy atom. The third-order valence-corrected chi connectivity index (χ3v) is 4.68. The van der Waals surface area contributed by atoms with Crippen molar-refractivity contribution in [2.45, 2.75) is 18.9 Å². The van der Waals surface area contributed by atoms with E-state index in [2.05, 4.69) is 10.3 Å². The number of thiazole rings is 1. The van der Waals surface area contributed by atoms with E-state index in [0.29, 0.717) is 18.3 Å². The van der Waals surface area contributed by atoms with Crippen LogP contribution >= 0.6 is 11.3 Å². The fourth-order valence-corrected chi connectivity index (χ4v) is 3.27. The number of carbonyl (C=O) groups excluding carboxylic acids is 2. The van der Waals surface area contributed by atoms with Crippen LogP contribution in [0.3, 0.4) is 0 Å². The maximum absolute atomic E-state index is 12.6. The molecule has 2 heterocycles. The number of benzene rings is 1. The van der Waals surface area contributed by atoms with Gasteiger partial charge in [-0.2, -0.15) is 0 Å². The Balaban J connectivity index is 1.64. The summed E-state index contributed by atoms with van der Waals surface area (Å²) in [6.07, 6.45) is 6.75. The van der Waals surface area contributed by atoms with E-state index >= 15 is 0 Å². The van der Waals surface area contributed by atoms with Gasteiger partial charge in [-0.05, 0) is 24.5 Å². The van der Waals surface area contributed by atoms with Gasteiger partial charge in [0.25, 0.3) is 0 Å². The molecule has 2 amide bonds. The molecule has 6 nitrogen and oxygen atoms in total. The van der Waals surface area contributed by atoms with Gasteiger partial charge in [0.05, 0.1) is 6.10 Å². The Labute approximate surface area is 156 Å². The van der Waals surface area contributed by atoms with Crippen molar-refractivity contribution in [2.75, 3.05) is 25.0 Å². The lowest BCUT2D eigenvalue weighted by Gasteiger charge is -2.23. The molecule has 0 radical (unpaired) electrons. The molecule has 3 rings (SSSR count). The molecular formula is C19H21N3O3S. The Morgan fingerprint density at radius 1 is 1.35 bits per heavy atom. The number of hydrogen-bond acceptors (Lipinski definition) is 5. The Bertz CT molecular complexity index is 741. The Kier molecular flexibility index (Phi) is 6.51. The summed E-state index contributed by atoms with van der Waals surface area (Å²) in [5.41, 5.74) is 0.935. The minimum Gasteiger partial charge on any atom is -0.376 e. The topological polar surface area (TPSA) is 71.5 Å². The molecule has 1 unspecified atom stereocenters. The van der Waals surface area contributed by atoms with E-state index in [1.54, 1.807) is 17.7 Å². The Hall–Kier alpha value is -2.51. The quantitative estimate of drug-likeness (QED) is 0.760. The fourth-order valence-electron chi connectivity index (χ4n) is 2.72. The number of nitrogens with zero attached hydrogens (tertiary/aromatic N) is 2. The molecule has 0 spiro atoms. The lowest BCUT2D eigenvalue weighted by molar-refractivity contribution is -0.131. The SMILES string of the molecule is O=C(CN(CC1CCCO1)C(=O)C=Cc1ccccc1)Nc1nccs1. The third kappa shape index (κ3) is 5.50.